The number of carbonyl (C=O) groups excluding carboxylic acids is 2. The van der Waals surface area contributed by atoms with Gasteiger partial charge in [0.05, 0.1) is 44.4 Å². The summed E-state index contributed by atoms with van der Waals surface area (Å²) in [5.41, 5.74) is 12.7. The second kappa shape index (κ2) is 16.8. The molecule has 3 atom stereocenters. The molecule has 0 unspecified atom stereocenters. The van der Waals surface area contributed by atoms with E-state index in [-0.39, 0.29) is 43.5 Å². The molecule has 11 heteroatoms. The number of para-hydroxylation sites is 2. The van der Waals surface area contributed by atoms with Gasteiger partial charge < -0.3 is 40.4 Å². The molecule has 11 nitrogen and oxygen atoms in total. The zero-order chi connectivity index (χ0) is 35.7. The Bertz CT molecular complexity index is 1820. The van der Waals surface area contributed by atoms with Gasteiger partial charge in [-0.05, 0) is 71.5 Å². The van der Waals surface area contributed by atoms with Gasteiger partial charge in [-0.25, -0.2) is 0 Å². The van der Waals surface area contributed by atoms with E-state index in [2.05, 4.69) is 27.7 Å². The minimum atomic E-state index is -0.668. The molecule has 2 aliphatic heterocycles. The minimum Gasteiger partial charge on any atom is -0.493 e. The fourth-order valence-electron chi connectivity index (χ4n) is 6.64. The van der Waals surface area contributed by atoms with Crippen molar-refractivity contribution in [3.8, 4) is 11.5 Å². The fraction of sp³-hybridized carbons (Fsp3) is 0.350. The average Bonchev–Trinajstić information content (AvgIpc) is 3.15. The first kappa shape index (κ1) is 35.9. The van der Waals surface area contributed by atoms with E-state index in [9.17, 15) is 14.7 Å². The highest BCUT2D eigenvalue weighted by molar-refractivity contribution is 5.94. The van der Waals surface area contributed by atoms with E-state index >= 15 is 0 Å². The number of hydrogen-bond donors (Lipinski definition) is 4. The highest BCUT2D eigenvalue weighted by Gasteiger charge is 2.34. The van der Waals surface area contributed by atoms with Crippen molar-refractivity contribution in [3.63, 3.8) is 0 Å². The van der Waals surface area contributed by atoms with Crippen molar-refractivity contribution in [2.45, 2.75) is 63.8 Å². The van der Waals surface area contributed by atoms with Crippen LogP contribution in [0.25, 0.3) is 0 Å². The molecule has 0 aliphatic carbocycles. The summed E-state index contributed by atoms with van der Waals surface area (Å²) in [6.45, 7) is 2.33. The quantitative estimate of drug-likeness (QED) is 0.122. The van der Waals surface area contributed by atoms with Crippen molar-refractivity contribution in [2.24, 2.45) is 0 Å². The van der Waals surface area contributed by atoms with Gasteiger partial charge in [0.1, 0.15) is 0 Å². The van der Waals surface area contributed by atoms with Crippen LogP contribution in [-0.4, -0.2) is 55.2 Å². The van der Waals surface area contributed by atoms with E-state index in [1.807, 2.05) is 48.5 Å². The first-order valence-corrected chi connectivity index (χ1v) is 17.3. The number of ether oxygens (including phenoxy) is 4. The molecule has 0 saturated carbocycles. The Balaban J connectivity index is 1.11. The number of methoxy groups -OCH3 is 2. The predicted octanol–water partition coefficient (Wildman–Crippen LogP) is 6.13. The summed E-state index contributed by atoms with van der Waals surface area (Å²) in [6.07, 6.45) is 1.27. The molecular weight excluding hydrogens is 648 g/mol. The van der Waals surface area contributed by atoms with Crippen molar-refractivity contribution in [1.82, 2.24) is 4.90 Å². The normalized spacial score (nSPS) is 18.8. The van der Waals surface area contributed by atoms with E-state index < -0.39 is 6.29 Å². The molecule has 4 aromatic rings. The van der Waals surface area contributed by atoms with Gasteiger partial charge >= 0.3 is 0 Å². The topological polar surface area (TPSA) is 145 Å². The number of nitrogens with zero attached hydrogens (tertiary/aromatic N) is 1. The lowest BCUT2D eigenvalue weighted by molar-refractivity contribution is -0.253. The molecule has 0 aromatic heterocycles. The molecule has 0 bridgehead atoms. The van der Waals surface area contributed by atoms with Gasteiger partial charge in [-0.3, -0.25) is 14.5 Å². The van der Waals surface area contributed by atoms with Crippen LogP contribution < -0.4 is 25.8 Å². The van der Waals surface area contributed by atoms with Gasteiger partial charge in [0, 0.05) is 50.1 Å². The third-order valence-electron chi connectivity index (χ3n) is 9.36. The van der Waals surface area contributed by atoms with Gasteiger partial charge in [0.2, 0.25) is 11.8 Å². The van der Waals surface area contributed by atoms with Gasteiger partial charge in [-0.15, -0.1) is 0 Å². The minimum absolute atomic E-state index is 0.0260. The second-order valence-electron chi connectivity index (χ2n) is 13.0. The summed E-state index contributed by atoms with van der Waals surface area (Å²) >= 11 is 0. The van der Waals surface area contributed by atoms with E-state index in [1.54, 1.807) is 38.5 Å². The first-order valence-electron chi connectivity index (χ1n) is 17.3. The number of carbonyl (C=O) groups is 2. The Morgan fingerprint density at radius 2 is 1.59 bits per heavy atom. The van der Waals surface area contributed by atoms with Gasteiger partial charge in [-0.2, -0.15) is 0 Å². The molecule has 1 saturated heterocycles. The number of aliphatic hydroxyl groups excluding tert-OH is 1. The van der Waals surface area contributed by atoms with Crippen LogP contribution in [0.15, 0.2) is 84.9 Å². The van der Waals surface area contributed by atoms with Crippen molar-refractivity contribution in [3.05, 3.63) is 113 Å². The number of amides is 2. The highest BCUT2D eigenvalue weighted by atomic mass is 16.7. The Kier molecular flexibility index (Phi) is 11.8. The van der Waals surface area contributed by atoms with E-state index in [0.29, 0.717) is 36.4 Å². The van der Waals surface area contributed by atoms with Gasteiger partial charge in [0.25, 0.3) is 0 Å². The first-order chi connectivity index (χ1) is 24.8. The molecule has 1 fully saturated rings. The van der Waals surface area contributed by atoms with E-state index in [4.69, 9.17) is 24.7 Å². The monoisotopic (exact) mass is 694 g/mol. The summed E-state index contributed by atoms with van der Waals surface area (Å²) in [5, 5.41) is 15.3. The number of anilines is 3. The third kappa shape index (κ3) is 9.25. The standard InChI is InChI=1S/C40H46N4O7/c1-48-36-20-28-17-18-44(23-30(28)21-37(36)49-2)24-32-22-35(27-15-13-26(25-45)14-16-27)51-40(50-32)29-7-5-8-31(19-29)42-38(46)11-6-12-39(47)43-34-10-4-3-9-33(34)41/h3-5,7-10,13-16,19-21,32,35,40,45H,6,11-12,17-18,22-25,41H2,1-2H3,(H,42,46)(H,43,47)/t32-,35+,40+/m1/s1. The number of nitrogens with two attached hydrogens (primary N) is 1. The number of nitrogen functional groups attached to an aromatic ring is 1. The zero-order valence-electron chi connectivity index (χ0n) is 29.1. The second-order valence-corrected chi connectivity index (χ2v) is 13.0. The lowest BCUT2D eigenvalue weighted by Gasteiger charge is -2.39. The van der Waals surface area contributed by atoms with Crippen molar-refractivity contribution < 1.29 is 33.6 Å². The average molecular weight is 695 g/mol. The summed E-state index contributed by atoms with van der Waals surface area (Å²) < 4.78 is 24.3. The Labute approximate surface area is 298 Å². The molecule has 2 aliphatic rings. The van der Waals surface area contributed by atoms with Crippen LogP contribution in [0.3, 0.4) is 0 Å². The van der Waals surface area contributed by atoms with E-state index in [0.717, 1.165) is 47.7 Å². The van der Waals surface area contributed by atoms with Gasteiger partial charge in [0.15, 0.2) is 17.8 Å². The van der Waals surface area contributed by atoms with Crippen LogP contribution in [-0.2, 0) is 38.6 Å². The molecule has 0 spiro atoms. The largest absolute Gasteiger partial charge is 0.493 e. The Morgan fingerprint density at radius 1 is 0.863 bits per heavy atom. The lowest BCUT2D eigenvalue weighted by Crippen LogP contribution is -2.41. The van der Waals surface area contributed by atoms with Crippen LogP contribution in [0.4, 0.5) is 17.1 Å². The number of rotatable bonds is 13. The maximum absolute atomic E-state index is 12.9. The van der Waals surface area contributed by atoms with Crippen LogP contribution >= 0.6 is 0 Å². The summed E-state index contributed by atoms with van der Waals surface area (Å²) in [5.74, 6) is 1.08. The van der Waals surface area contributed by atoms with Crippen molar-refractivity contribution in [2.75, 3.05) is 43.7 Å². The maximum Gasteiger partial charge on any atom is 0.224 e. The van der Waals surface area contributed by atoms with Crippen molar-refractivity contribution >= 4 is 28.9 Å². The highest BCUT2D eigenvalue weighted by Crippen LogP contribution is 2.40. The van der Waals surface area contributed by atoms with E-state index in [1.165, 1.54) is 11.1 Å². The number of fused-ring (bicyclic) bond motifs is 1. The molecule has 2 heterocycles. The molecule has 0 radical (unpaired) electrons. The number of benzene rings is 4. The molecule has 268 valence electrons. The predicted molar refractivity (Wildman–Crippen MR) is 195 cm³/mol. The smallest absolute Gasteiger partial charge is 0.224 e. The fourth-order valence-corrected chi connectivity index (χ4v) is 6.64. The van der Waals surface area contributed by atoms with Crippen LogP contribution in [0.5, 0.6) is 11.5 Å². The molecular formula is C40H46N4O7. The van der Waals surface area contributed by atoms with Crippen LogP contribution in [0.1, 0.15) is 65.9 Å². The molecule has 5 N–H and O–H groups in total. The number of nitrogens with one attached hydrogen (secondary N) is 2. The lowest BCUT2D eigenvalue weighted by atomic mass is 9.97. The molecule has 4 aromatic carbocycles. The summed E-state index contributed by atoms with van der Waals surface area (Å²) in [4.78, 5) is 27.7. The number of hydrogen-bond acceptors (Lipinski definition) is 9. The third-order valence-corrected chi connectivity index (χ3v) is 9.36. The zero-order valence-corrected chi connectivity index (χ0v) is 29.1. The maximum atomic E-state index is 12.9. The Morgan fingerprint density at radius 3 is 2.31 bits per heavy atom. The summed E-state index contributed by atoms with van der Waals surface area (Å²) in [7, 11) is 3.31. The molecule has 2 amide bonds. The Hall–Kier alpha value is -4.94. The SMILES string of the molecule is COc1cc2c(cc1OC)CN(C[C@H]1C[C@@H](c3ccc(CO)cc3)O[C@@H](c3cccc(NC(=O)CCCC(=O)Nc4ccccc4N)c3)O1)CC2. The number of aliphatic hydroxyl groups is 1. The van der Waals surface area contributed by atoms with Crippen LogP contribution in [0.2, 0.25) is 0 Å². The van der Waals surface area contributed by atoms with Crippen LogP contribution in [0, 0.1) is 0 Å². The van der Waals surface area contributed by atoms with Crippen molar-refractivity contribution in [1.29, 1.82) is 0 Å². The van der Waals surface area contributed by atoms with Gasteiger partial charge in [-0.1, -0.05) is 48.5 Å². The summed E-state index contributed by atoms with van der Waals surface area (Å²) in [6, 6.07) is 26.5. The molecule has 51 heavy (non-hydrogen) atoms. The molecule has 6 rings (SSSR count).